The highest BCUT2D eigenvalue weighted by molar-refractivity contribution is 5.50. The van der Waals surface area contributed by atoms with E-state index in [2.05, 4.69) is 10.3 Å². The second-order valence-electron chi connectivity index (χ2n) is 4.37. The van der Waals surface area contributed by atoms with Crippen LogP contribution in [0.15, 0.2) is 18.2 Å². The van der Waals surface area contributed by atoms with Crippen molar-refractivity contribution in [1.29, 1.82) is 0 Å². The number of ether oxygens (including phenoxy) is 2. The van der Waals surface area contributed by atoms with Crippen LogP contribution in [0.5, 0.6) is 11.5 Å². The van der Waals surface area contributed by atoms with Gasteiger partial charge in [0.05, 0.1) is 24.6 Å². The maximum absolute atomic E-state index is 5.80. The van der Waals surface area contributed by atoms with Gasteiger partial charge < -0.3 is 15.2 Å². The number of nitrogens with zero attached hydrogens (tertiary/aromatic N) is 3. The Kier molecular flexibility index (Phi) is 2.98. The van der Waals surface area contributed by atoms with E-state index in [0.717, 1.165) is 35.7 Å². The molecular formula is C13H16N4O2. The molecule has 1 aromatic heterocycles. The second kappa shape index (κ2) is 4.79. The molecule has 3 rings (SSSR count). The normalized spacial score (nSPS) is 14.2. The zero-order chi connectivity index (χ0) is 13.2. The Morgan fingerprint density at radius 3 is 2.84 bits per heavy atom. The predicted molar refractivity (Wildman–Crippen MR) is 70.8 cm³/mol. The molecule has 6 heteroatoms. The van der Waals surface area contributed by atoms with Crippen LogP contribution in [-0.2, 0) is 6.42 Å². The van der Waals surface area contributed by atoms with Gasteiger partial charge in [0.1, 0.15) is 0 Å². The largest absolute Gasteiger partial charge is 0.490 e. The molecule has 0 unspecified atom stereocenters. The highest BCUT2D eigenvalue weighted by atomic mass is 16.5. The Hall–Kier alpha value is -2.24. The number of fused-ring (bicyclic) bond motifs is 1. The van der Waals surface area contributed by atoms with Gasteiger partial charge >= 0.3 is 0 Å². The van der Waals surface area contributed by atoms with Crippen LogP contribution in [0.4, 0.5) is 5.82 Å². The summed E-state index contributed by atoms with van der Waals surface area (Å²) in [7, 11) is 0. The Morgan fingerprint density at radius 2 is 2.05 bits per heavy atom. The molecule has 0 saturated carbocycles. The van der Waals surface area contributed by atoms with E-state index >= 15 is 0 Å². The van der Waals surface area contributed by atoms with Crippen LogP contribution < -0.4 is 15.2 Å². The summed E-state index contributed by atoms with van der Waals surface area (Å²) < 4.78 is 13.0. The summed E-state index contributed by atoms with van der Waals surface area (Å²) in [5.74, 6) is 1.98. The molecule has 0 saturated heterocycles. The minimum atomic E-state index is 0.467. The van der Waals surface area contributed by atoms with E-state index in [4.69, 9.17) is 15.2 Å². The standard InChI is InChI=1S/C13H16N4O2/c1-2-10-13(14)15-16-17(10)9-4-5-11-12(8-9)19-7-3-6-18-11/h4-5,8H,2-3,6-7,14H2,1H3. The number of hydrogen-bond donors (Lipinski definition) is 1. The van der Waals surface area contributed by atoms with Crippen LogP contribution in [0.25, 0.3) is 5.69 Å². The van der Waals surface area contributed by atoms with Crippen LogP contribution in [0, 0.1) is 0 Å². The van der Waals surface area contributed by atoms with Gasteiger partial charge in [0.15, 0.2) is 17.3 Å². The van der Waals surface area contributed by atoms with Crippen molar-refractivity contribution < 1.29 is 9.47 Å². The minimum Gasteiger partial charge on any atom is -0.490 e. The van der Waals surface area contributed by atoms with E-state index in [1.165, 1.54) is 0 Å². The predicted octanol–water partition coefficient (Wildman–Crippen LogP) is 1.57. The van der Waals surface area contributed by atoms with E-state index in [1.54, 1.807) is 4.68 Å². The van der Waals surface area contributed by atoms with Gasteiger partial charge in [0, 0.05) is 12.5 Å². The molecule has 0 aliphatic carbocycles. The highest BCUT2D eigenvalue weighted by Gasteiger charge is 2.14. The monoisotopic (exact) mass is 260 g/mol. The number of nitrogens with two attached hydrogens (primary N) is 1. The third kappa shape index (κ3) is 2.09. The molecule has 0 spiro atoms. The Bertz CT molecular complexity index is 594. The first-order valence-corrected chi connectivity index (χ1v) is 6.39. The van der Waals surface area contributed by atoms with Crippen molar-refractivity contribution in [2.45, 2.75) is 19.8 Å². The van der Waals surface area contributed by atoms with Crippen LogP contribution in [0.1, 0.15) is 19.0 Å². The number of aromatic nitrogens is 3. The lowest BCUT2D eigenvalue weighted by Gasteiger charge is -2.10. The summed E-state index contributed by atoms with van der Waals surface area (Å²) in [4.78, 5) is 0. The van der Waals surface area contributed by atoms with Crippen molar-refractivity contribution in [3.63, 3.8) is 0 Å². The number of hydrogen-bond acceptors (Lipinski definition) is 5. The quantitative estimate of drug-likeness (QED) is 0.887. The summed E-state index contributed by atoms with van der Waals surface area (Å²) in [5.41, 5.74) is 7.58. The zero-order valence-corrected chi connectivity index (χ0v) is 10.8. The van der Waals surface area contributed by atoms with Gasteiger partial charge in [-0.3, -0.25) is 0 Å². The topological polar surface area (TPSA) is 75.2 Å². The van der Waals surface area contributed by atoms with Crippen molar-refractivity contribution in [3.05, 3.63) is 23.9 Å². The van der Waals surface area contributed by atoms with E-state index in [-0.39, 0.29) is 0 Å². The molecular weight excluding hydrogens is 244 g/mol. The van der Waals surface area contributed by atoms with Gasteiger partial charge in [-0.05, 0) is 18.6 Å². The fourth-order valence-corrected chi connectivity index (χ4v) is 2.14. The molecule has 2 N–H and O–H groups in total. The third-order valence-electron chi connectivity index (χ3n) is 3.10. The van der Waals surface area contributed by atoms with Gasteiger partial charge in [0.25, 0.3) is 0 Å². The van der Waals surface area contributed by atoms with Crippen molar-refractivity contribution in [1.82, 2.24) is 15.0 Å². The van der Waals surface area contributed by atoms with E-state index in [0.29, 0.717) is 19.0 Å². The maximum atomic E-state index is 5.80. The van der Waals surface area contributed by atoms with Gasteiger partial charge in [-0.15, -0.1) is 5.10 Å². The van der Waals surface area contributed by atoms with Gasteiger partial charge in [-0.2, -0.15) is 0 Å². The molecule has 0 atom stereocenters. The first-order valence-electron chi connectivity index (χ1n) is 6.39. The Balaban J connectivity index is 2.03. The Morgan fingerprint density at radius 1 is 1.26 bits per heavy atom. The number of rotatable bonds is 2. The van der Waals surface area contributed by atoms with Crippen LogP contribution in [0.2, 0.25) is 0 Å². The van der Waals surface area contributed by atoms with E-state index < -0.39 is 0 Å². The SMILES string of the molecule is CCc1c(N)nnn1-c1ccc2c(c1)OCCCO2. The third-order valence-corrected chi connectivity index (χ3v) is 3.10. The van der Waals surface area contributed by atoms with Gasteiger partial charge in [-0.25, -0.2) is 4.68 Å². The second-order valence-corrected chi connectivity index (χ2v) is 4.37. The lowest BCUT2D eigenvalue weighted by Crippen LogP contribution is -2.03. The smallest absolute Gasteiger partial charge is 0.169 e. The van der Waals surface area contributed by atoms with Gasteiger partial charge in [0.2, 0.25) is 0 Å². The molecule has 0 bridgehead atoms. The molecule has 2 aromatic rings. The van der Waals surface area contributed by atoms with Crippen molar-refractivity contribution in [2.24, 2.45) is 0 Å². The summed E-state index contributed by atoms with van der Waals surface area (Å²) in [5, 5.41) is 7.99. The van der Waals surface area contributed by atoms with Crippen LogP contribution in [-0.4, -0.2) is 28.2 Å². The summed E-state index contributed by atoms with van der Waals surface area (Å²) in [6.07, 6.45) is 1.66. The average Bonchev–Trinajstić information content (AvgIpc) is 2.66. The fourth-order valence-electron chi connectivity index (χ4n) is 2.14. The van der Waals surface area contributed by atoms with Crippen LogP contribution >= 0.6 is 0 Å². The zero-order valence-electron chi connectivity index (χ0n) is 10.8. The van der Waals surface area contributed by atoms with Crippen molar-refractivity contribution in [3.8, 4) is 17.2 Å². The number of benzene rings is 1. The molecule has 2 heterocycles. The van der Waals surface area contributed by atoms with E-state index in [9.17, 15) is 0 Å². The maximum Gasteiger partial charge on any atom is 0.169 e. The van der Waals surface area contributed by atoms with Crippen LogP contribution in [0.3, 0.4) is 0 Å². The lowest BCUT2D eigenvalue weighted by atomic mass is 10.2. The molecule has 19 heavy (non-hydrogen) atoms. The molecule has 0 amide bonds. The molecule has 0 fully saturated rings. The van der Waals surface area contributed by atoms with Crippen molar-refractivity contribution >= 4 is 5.82 Å². The van der Waals surface area contributed by atoms with Crippen molar-refractivity contribution in [2.75, 3.05) is 18.9 Å². The number of nitrogen functional groups attached to an aromatic ring is 1. The molecule has 1 aliphatic heterocycles. The highest BCUT2D eigenvalue weighted by Crippen LogP contribution is 2.32. The molecule has 1 aromatic carbocycles. The minimum absolute atomic E-state index is 0.467. The first-order chi connectivity index (χ1) is 9.29. The molecule has 6 nitrogen and oxygen atoms in total. The average molecular weight is 260 g/mol. The summed E-state index contributed by atoms with van der Waals surface area (Å²) in [6, 6.07) is 5.74. The fraction of sp³-hybridized carbons (Fsp3) is 0.385. The Labute approximate surface area is 111 Å². The molecule has 1 aliphatic rings. The number of anilines is 1. The first kappa shape index (κ1) is 11.8. The summed E-state index contributed by atoms with van der Waals surface area (Å²) >= 11 is 0. The van der Waals surface area contributed by atoms with Gasteiger partial charge in [-0.1, -0.05) is 12.1 Å². The lowest BCUT2D eigenvalue weighted by molar-refractivity contribution is 0.297. The molecule has 0 radical (unpaired) electrons. The summed E-state index contributed by atoms with van der Waals surface area (Å²) in [6.45, 7) is 3.37. The van der Waals surface area contributed by atoms with E-state index in [1.807, 2.05) is 25.1 Å². The molecule has 100 valence electrons.